The topological polar surface area (TPSA) is 50.2 Å². The normalized spacial score (nSPS) is 18.1. The van der Waals surface area contributed by atoms with E-state index in [1.54, 1.807) is 11.3 Å². The minimum atomic E-state index is -0.753. The van der Waals surface area contributed by atoms with Crippen molar-refractivity contribution in [2.75, 3.05) is 0 Å². The van der Waals surface area contributed by atoms with Gasteiger partial charge in [0, 0.05) is 17.2 Å². The summed E-state index contributed by atoms with van der Waals surface area (Å²) in [5.41, 5.74) is 1.24. The molecule has 0 radical (unpaired) electrons. The number of carbonyl (C=O) groups is 1. The van der Waals surface area contributed by atoms with E-state index in [-0.39, 0.29) is 6.42 Å². The molecule has 0 bridgehead atoms. The Balaban J connectivity index is 1.99. The predicted octanol–water partition coefficient (Wildman–Crippen LogP) is 2.21. The maximum absolute atomic E-state index is 10.4. The van der Waals surface area contributed by atoms with Crippen LogP contribution in [0.4, 0.5) is 0 Å². The molecular weight excluding hydrogens is 198 g/mol. The van der Waals surface area contributed by atoms with Gasteiger partial charge in [-0.15, -0.1) is 11.3 Å². The number of carboxylic acids is 1. The average Bonchev–Trinajstić information content (AvgIpc) is 2.70. The molecule has 1 aromatic rings. The monoisotopic (exact) mass is 211 g/mol. The third-order valence-electron chi connectivity index (χ3n) is 2.66. The third-order valence-corrected chi connectivity index (χ3v) is 3.86. The molecule has 4 heteroatoms. The molecule has 0 aliphatic heterocycles. The van der Waals surface area contributed by atoms with E-state index in [9.17, 15) is 4.79 Å². The zero-order valence-corrected chi connectivity index (χ0v) is 8.93. The summed E-state index contributed by atoms with van der Waals surface area (Å²) in [6, 6.07) is 0. The predicted molar refractivity (Wildman–Crippen MR) is 54.7 cm³/mol. The van der Waals surface area contributed by atoms with Crippen LogP contribution in [0.2, 0.25) is 0 Å². The number of aryl methyl sites for hydroxylation is 1. The van der Waals surface area contributed by atoms with E-state index in [0.29, 0.717) is 11.8 Å². The van der Waals surface area contributed by atoms with Crippen LogP contribution in [0.25, 0.3) is 0 Å². The van der Waals surface area contributed by atoms with Crippen LogP contribution in [0.3, 0.4) is 0 Å². The summed E-state index contributed by atoms with van der Waals surface area (Å²) in [5.74, 6) is -0.753. The van der Waals surface area contributed by atoms with Gasteiger partial charge in [0.25, 0.3) is 0 Å². The van der Waals surface area contributed by atoms with Crippen molar-refractivity contribution in [3.63, 3.8) is 0 Å². The number of hydrogen-bond donors (Lipinski definition) is 1. The van der Waals surface area contributed by atoms with Gasteiger partial charge in [0.1, 0.15) is 0 Å². The van der Waals surface area contributed by atoms with Crippen molar-refractivity contribution < 1.29 is 9.90 Å². The van der Waals surface area contributed by atoms with E-state index in [4.69, 9.17) is 5.11 Å². The maximum atomic E-state index is 10.4. The largest absolute Gasteiger partial charge is 0.481 e. The Morgan fingerprint density at radius 1 is 1.71 bits per heavy atom. The summed E-state index contributed by atoms with van der Waals surface area (Å²) in [7, 11) is 0. The van der Waals surface area contributed by atoms with Crippen LogP contribution < -0.4 is 0 Å². The Morgan fingerprint density at radius 2 is 2.43 bits per heavy atom. The summed E-state index contributed by atoms with van der Waals surface area (Å²) in [6.45, 7) is 2.22. The molecule has 3 nitrogen and oxygen atoms in total. The highest BCUT2D eigenvalue weighted by molar-refractivity contribution is 7.09. The summed E-state index contributed by atoms with van der Waals surface area (Å²) < 4.78 is 0. The van der Waals surface area contributed by atoms with Gasteiger partial charge < -0.3 is 5.11 Å². The zero-order valence-electron chi connectivity index (χ0n) is 8.12. The molecule has 2 rings (SSSR count). The van der Waals surface area contributed by atoms with Crippen molar-refractivity contribution in [1.29, 1.82) is 0 Å². The molecule has 1 N–H and O–H groups in total. The van der Waals surface area contributed by atoms with Gasteiger partial charge in [0.05, 0.1) is 17.1 Å². The minimum absolute atomic E-state index is 0.180. The summed E-state index contributed by atoms with van der Waals surface area (Å²) >= 11 is 1.67. The summed E-state index contributed by atoms with van der Waals surface area (Å²) in [4.78, 5) is 14.8. The standard InChI is InChI=1S/C10H13NO2S/c1-10(4-5-10)9-11-7(6-14-9)2-3-8(12)13/h6H,2-5H2,1H3,(H,12,13). The molecule has 0 unspecified atom stereocenters. The number of aromatic nitrogens is 1. The molecule has 76 valence electrons. The number of hydrogen-bond acceptors (Lipinski definition) is 3. The first kappa shape index (κ1) is 9.65. The van der Waals surface area contributed by atoms with Gasteiger partial charge in [-0.1, -0.05) is 6.92 Å². The van der Waals surface area contributed by atoms with Crippen molar-refractivity contribution in [1.82, 2.24) is 4.98 Å². The smallest absolute Gasteiger partial charge is 0.303 e. The van der Waals surface area contributed by atoms with E-state index in [1.165, 1.54) is 17.8 Å². The molecule has 1 aliphatic rings. The van der Waals surface area contributed by atoms with Gasteiger partial charge in [-0.2, -0.15) is 0 Å². The fourth-order valence-electron chi connectivity index (χ4n) is 1.34. The fraction of sp³-hybridized carbons (Fsp3) is 0.600. The molecule has 1 aliphatic carbocycles. The van der Waals surface area contributed by atoms with Gasteiger partial charge in [-0.3, -0.25) is 4.79 Å². The van der Waals surface area contributed by atoms with Crippen LogP contribution in [-0.4, -0.2) is 16.1 Å². The second-order valence-electron chi connectivity index (χ2n) is 4.10. The molecule has 0 spiro atoms. The van der Waals surface area contributed by atoms with Crippen LogP contribution in [0.1, 0.15) is 36.9 Å². The summed E-state index contributed by atoms with van der Waals surface area (Å²) in [6.07, 6.45) is 3.18. The van der Waals surface area contributed by atoms with Crippen molar-refractivity contribution in [2.24, 2.45) is 0 Å². The fourth-order valence-corrected chi connectivity index (χ4v) is 2.41. The molecule has 1 fully saturated rings. The van der Waals surface area contributed by atoms with E-state index in [2.05, 4.69) is 11.9 Å². The molecule has 1 saturated carbocycles. The van der Waals surface area contributed by atoms with Gasteiger partial charge in [0.2, 0.25) is 0 Å². The average molecular weight is 211 g/mol. The van der Waals surface area contributed by atoms with Crippen LogP contribution in [0.5, 0.6) is 0 Å². The molecule has 1 heterocycles. The van der Waals surface area contributed by atoms with E-state index in [0.717, 1.165) is 5.69 Å². The maximum Gasteiger partial charge on any atom is 0.303 e. The minimum Gasteiger partial charge on any atom is -0.481 e. The zero-order chi connectivity index (χ0) is 10.2. The molecule has 0 saturated heterocycles. The number of carboxylic acid groups (broad SMARTS) is 1. The van der Waals surface area contributed by atoms with Crippen molar-refractivity contribution in [3.8, 4) is 0 Å². The first-order valence-electron chi connectivity index (χ1n) is 4.77. The van der Waals surface area contributed by atoms with Gasteiger partial charge in [-0.05, 0) is 12.8 Å². The highest BCUT2D eigenvalue weighted by Crippen LogP contribution is 2.48. The highest BCUT2D eigenvalue weighted by Gasteiger charge is 2.41. The highest BCUT2D eigenvalue weighted by atomic mass is 32.1. The number of thiazole rings is 1. The van der Waals surface area contributed by atoms with Crippen LogP contribution in [0, 0.1) is 0 Å². The second kappa shape index (κ2) is 3.35. The lowest BCUT2D eigenvalue weighted by molar-refractivity contribution is -0.136. The van der Waals surface area contributed by atoms with Gasteiger partial charge in [0.15, 0.2) is 0 Å². The number of aliphatic carboxylic acids is 1. The lowest BCUT2D eigenvalue weighted by Gasteiger charge is -2.00. The van der Waals surface area contributed by atoms with E-state index >= 15 is 0 Å². The Hall–Kier alpha value is -0.900. The Labute approximate surface area is 86.8 Å². The van der Waals surface area contributed by atoms with Crippen LogP contribution in [-0.2, 0) is 16.6 Å². The van der Waals surface area contributed by atoms with E-state index in [1.807, 2.05) is 5.38 Å². The second-order valence-corrected chi connectivity index (χ2v) is 4.96. The lowest BCUT2D eigenvalue weighted by atomic mass is 10.1. The first-order valence-corrected chi connectivity index (χ1v) is 5.65. The van der Waals surface area contributed by atoms with Crippen LogP contribution >= 0.6 is 11.3 Å². The SMILES string of the molecule is CC1(c2nc(CCC(=O)O)cs2)CC1. The molecule has 0 aromatic carbocycles. The van der Waals surface area contributed by atoms with Crippen LogP contribution in [0.15, 0.2) is 5.38 Å². The Kier molecular flexibility index (Phi) is 2.31. The number of nitrogens with zero attached hydrogens (tertiary/aromatic N) is 1. The third kappa shape index (κ3) is 1.95. The van der Waals surface area contributed by atoms with Gasteiger partial charge in [-0.25, -0.2) is 4.98 Å². The Bertz CT molecular complexity index is 355. The molecular formula is C10H13NO2S. The molecule has 0 atom stereocenters. The quantitative estimate of drug-likeness (QED) is 0.830. The van der Waals surface area contributed by atoms with Gasteiger partial charge >= 0.3 is 5.97 Å². The van der Waals surface area contributed by atoms with Crippen molar-refractivity contribution in [2.45, 2.75) is 38.0 Å². The molecule has 14 heavy (non-hydrogen) atoms. The van der Waals surface area contributed by atoms with Crippen molar-refractivity contribution in [3.05, 3.63) is 16.1 Å². The lowest BCUT2D eigenvalue weighted by Crippen LogP contribution is -2.01. The molecule has 1 aromatic heterocycles. The Morgan fingerprint density at radius 3 is 3.00 bits per heavy atom. The first-order chi connectivity index (χ1) is 6.60. The van der Waals surface area contributed by atoms with Crippen molar-refractivity contribution >= 4 is 17.3 Å². The number of rotatable bonds is 4. The van der Waals surface area contributed by atoms with E-state index < -0.39 is 5.97 Å². The summed E-state index contributed by atoms with van der Waals surface area (Å²) in [5, 5.41) is 11.7. The molecule has 0 amide bonds.